The Hall–Kier alpha value is -0.940. The van der Waals surface area contributed by atoms with Gasteiger partial charge in [-0.05, 0) is 13.0 Å². The molecular formula is C11H16N2O2S. The lowest BCUT2D eigenvalue weighted by molar-refractivity contribution is 0.281. The predicted molar refractivity (Wildman–Crippen MR) is 65.0 cm³/mol. The second-order valence-electron chi connectivity index (χ2n) is 3.95. The second kappa shape index (κ2) is 4.93. The fraction of sp³-hybridized carbons (Fsp3) is 0.545. The molecule has 1 fully saturated rings. The van der Waals surface area contributed by atoms with Gasteiger partial charge in [-0.15, -0.1) is 0 Å². The third-order valence-corrected chi connectivity index (χ3v) is 4.06. The van der Waals surface area contributed by atoms with Gasteiger partial charge in [0.1, 0.15) is 0 Å². The van der Waals surface area contributed by atoms with E-state index < -0.39 is 10.8 Å². The van der Waals surface area contributed by atoms with Crippen LogP contribution in [0.25, 0.3) is 0 Å². The maximum Gasteiger partial charge on any atom is 0.0717 e. The molecular weight excluding hydrogens is 224 g/mol. The van der Waals surface area contributed by atoms with Crippen molar-refractivity contribution in [1.82, 2.24) is 4.98 Å². The van der Waals surface area contributed by atoms with Crippen molar-refractivity contribution in [2.24, 2.45) is 0 Å². The lowest BCUT2D eigenvalue weighted by atomic mass is 10.2. The van der Waals surface area contributed by atoms with E-state index in [0.717, 1.165) is 30.0 Å². The summed E-state index contributed by atoms with van der Waals surface area (Å²) in [5.41, 5.74) is 2.82. The molecule has 2 rings (SSSR count). The van der Waals surface area contributed by atoms with Gasteiger partial charge in [0.25, 0.3) is 0 Å². The van der Waals surface area contributed by atoms with Gasteiger partial charge in [0.05, 0.1) is 6.61 Å². The first-order valence-corrected chi connectivity index (χ1v) is 6.86. The molecule has 0 aromatic carbocycles. The van der Waals surface area contributed by atoms with E-state index >= 15 is 0 Å². The maximum absolute atomic E-state index is 11.3. The lowest BCUT2D eigenvalue weighted by Crippen LogP contribution is -2.38. The van der Waals surface area contributed by atoms with Crippen LogP contribution < -0.4 is 4.90 Å². The zero-order valence-corrected chi connectivity index (χ0v) is 10.2. The number of pyridine rings is 1. The summed E-state index contributed by atoms with van der Waals surface area (Å²) in [5.74, 6) is 1.43. The maximum atomic E-state index is 11.3. The number of rotatable bonds is 2. The fourth-order valence-corrected chi connectivity index (χ4v) is 2.92. The minimum absolute atomic E-state index is 0.00219. The minimum Gasteiger partial charge on any atom is -0.392 e. The van der Waals surface area contributed by atoms with Crippen LogP contribution in [-0.2, 0) is 17.4 Å². The molecule has 4 nitrogen and oxygen atoms in total. The van der Waals surface area contributed by atoms with Crippen molar-refractivity contribution < 1.29 is 9.32 Å². The molecule has 0 aliphatic carbocycles. The number of aliphatic hydroxyl groups is 1. The van der Waals surface area contributed by atoms with Gasteiger partial charge in [0, 0.05) is 58.5 Å². The first-order valence-electron chi connectivity index (χ1n) is 5.37. The third kappa shape index (κ3) is 2.41. The first-order chi connectivity index (χ1) is 7.70. The molecule has 0 saturated carbocycles. The molecule has 0 unspecified atom stereocenters. The van der Waals surface area contributed by atoms with Gasteiger partial charge >= 0.3 is 0 Å². The average molecular weight is 240 g/mol. The van der Waals surface area contributed by atoms with Crippen molar-refractivity contribution >= 4 is 16.5 Å². The Bertz CT molecular complexity index is 399. The molecule has 1 saturated heterocycles. The molecule has 0 bridgehead atoms. The number of hydrogen-bond donors (Lipinski definition) is 1. The average Bonchev–Trinajstić information content (AvgIpc) is 2.30. The van der Waals surface area contributed by atoms with Gasteiger partial charge in [0.2, 0.25) is 0 Å². The fourth-order valence-electron chi connectivity index (χ4n) is 1.87. The molecule has 5 heteroatoms. The molecule has 0 amide bonds. The van der Waals surface area contributed by atoms with Crippen LogP contribution in [0.15, 0.2) is 12.3 Å². The highest BCUT2D eigenvalue weighted by molar-refractivity contribution is 7.85. The van der Waals surface area contributed by atoms with Crippen LogP contribution in [0.4, 0.5) is 5.69 Å². The molecule has 88 valence electrons. The summed E-state index contributed by atoms with van der Waals surface area (Å²) in [6.07, 6.45) is 1.72. The summed E-state index contributed by atoms with van der Waals surface area (Å²) in [5, 5.41) is 9.27. The van der Waals surface area contributed by atoms with Gasteiger partial charge in [-0.3, -0.25) is 9.19 Å². The van der Waals surface area contributed by atoms with E-state index in [4.69, 9.17) is 0 Å². The Morgan fingerprint density at radius 1 is 1.50 bits per heavy atom. The molecule has 1 aliphatic rings. The van der Waals surface area contributed by atoms with E-state index in [9.17, 15) is 9.32 Å². The van der Waals surface area contributed by atoms with Crippen molar-refractivity contribution in [3.63, 3.8) is 0 Å². The van der Waals surface area contributed by atoms with Crippen LogP contribution >= 0.6 is 0 Å². The van der Waals surface area contributed by atoms with Crippen molar-refractivity contribution in [1.29, 1.82) is 0 Å². The van der Waals surface area contributed by atoms with Crippen molar-refractivity contribution in [2.45, 2.75) is 13.5 Å². The summed E-state index contributed by atoms with van der Waals surface area (Å²) in [6.45, 7) is 3.53. The molecule has 1 aliphatic heterocycles. The minimum atomic E-state index is -0.668. The molecule has 1 aromatic heterocycles. The normalized spacial score (nSPS) is 17.8. The Kier molecular flexibility index (Phi) is 3.56. The number of aryl methyl sites for hydroxylation is 1. The topological polar surface area (TPSA) is 53.4 Å². The SMILES string of the molecule is Cc1cc(N2CCS(=O)CC2)c(CO)cn1. The summed E-state index contributed by atoms with van der Waals surface area (Å²) in [6, 6.07) is 1.99. The zero-order valence-electron chi connectivity index (χ0n) is 9.35. The number of hydrogen-bond acceptors (Lipinski definition) is 4. The predicted octanol–water partition coefficient (Wildman–Crippen LogP) is 0.451. The number of aliphatic hydroxyl groups excluding tert-OH is 1. The molecule has 1 N–H and O–H groups in total. The van der Waals surface area contributed by atoms with Crippen LogP contribution in [0, 0.1) is 6.92 Å². The highest BCUT2D eigenvalue weighted by Crippen LogP contribution is 2.22. The van der Waals surface area contributed by atoms with Gasteiger partial charge in [-0.2, -0.15) is 0 Å². The van der Waals surface area contributed by atoms with Gasteiger partial charge in [-0.1, -0.05) is 0 Å². The Labute approximate surface area is 97.8 Å². The van der Waals surface area contributed by atoms with Crippen molar-refractivity contribution in [2.75, 3.05) is 29.5 Å². The van der Waals surface area contributed by atoms with Gasteiger partial charge < -0.3 is 10.0 Å². The van der Waals surface area contributed by atoms with Crippen molar-refractivity contribution in [3.05, 3.63) is 23.5 Å². The quantitative estimate of drug-likeness (QED) is 0.815. The van der Waals surface area contributed by atoms with E-state index in [-0.39, 0.29) is 6.61 Å². The standard InChI is InChI=1S/C11H16N2O2S/c1-9-6-11(10(8-14)7-12-9)13-2-4-16(15)5-3-13/h6-7,14H,2-5,8H2,1H3. The van der Waals surface area contributed by atoms with Crippen LogP contribution in [0.1, 0.15) is 11.3 Å². The number of anilines is 1. The highest BCUT2D eigenvalue weighted by atomic mass is 32.2. The monoisotopic (exact) mass is 240 g/mol. The van der Waals surface area contributed by atoms with Crippen LogP contribution in [0.5, 0.6) is 0 Å². The Balaban J connectivity index is 2.24. The van der Waals surface area contributed by atoms with Gasteiger partial charge in [-0.25, -0.2) is 0 Å². The van der Waals surface area contributed by atoms with Gasteiger partial charge in [0.15, 0.2) is 0 Å². The molecule has 1 aromatic rings. The molecule has 16 heavy (non-hydrogen) atoms. The first kappa shape index (κ1) is 11.5. The van der Waals surface area contributed by atoms with E-state index in [0.29, 0.717) is 11.5 Å². The molecule has 0 atom stereocenters. The van der Waals surface area contributed by atoms with Crippen LogP contribution in [-0.4, -0.2) is 38.9 Å². The third-order valence-electron chi connectivity index (χ3n) is 2.79. The summed E-state index contributed by atoms with van der Waals surface area (Å²) in [7, 11) is -0.668. The van der Waals surface area contributed by atoms with Crippen molar-refractivity contribution in [3.8, 4) is 0 Å². The summed E-state index contributed by atoms with van der Waals surface area (Å²) in [4.78, 5) is 6.36. The summed E-state index contributed by atoms with van der Waals surface area (Å²) < 4.78 is 11.3. The van der Waals surface area contributed by atoms with Crippen LogP contribution in [0.2, 0.25) is 0 Å². The largest absolute Gasteiger partial charge is 0.392 e. The smallest absolute Gasteiger partial charge is 0.0717 e. The van der Waals surface area contributed by atoms with E-state index in [1.165, 1.54) is 0 Å². The Morgan fingerprint density at radius 2 is 2.19 bits per heavy atom. The second-order valence-corrected chi connectivity index (χ2v) is 5.64. The molecule has 2 heterocycles. The van der Waals surface area contributed by atoms with E-state index in [2.05, 4.69) is 9.88 Å². The van der Waals surface area contributed by atoms with E-state index in [1.807, 2.05) is 13.0 Å². The zero-order chi connectivity index (χ0) is 11.5. The van der Waals surface area contributed by atoms with E-state index in [1.54, 1.807) is 6.20 Å². The number of aromatic nitrogens is 1. The lowest BCUT2D eigenvalue weighted by Gasteiger charge is -2.30. The van der Waals surface area contributed by atoms with Crippen LogP contribution in [0.3, 0.4) is 0 Å². The highest BCUT2D eigenvalue weighted by Gasteiger charge is 2.18. The number of nitrogens with zero attached hydrogens (tertiary/aromatic N) is 2. The summed E-state index contributed by atoms with van der Waals surface area (Å²) >= 11 is 0. The molecule has 0 spiro atoms. The Morgan fingerprint density at radius 3 is 2.81 bits per heavy atom. The molecule has 0 radical (unpaired) electrons.